The van der Waals surface area contributed by atoms with Crippen LogP contribution in [0.5, 0.6) is 5.75 Å². The van der Waals surface area contributed by atoms with E-state index in [9.17, 15) is 18.0 Å². The third-order valence-electron chi connectivity index (χ3n) is 3.55. The number of nitrogens with zero attached hydrogens (tertiary/aromatic N) is 2. The first-order valence-corrected chi connectivity index (χ1v) is 7.38. The van der Waals surface area contributed by atoms with Gasteiger partial charge in [0.1, 0.15) is 5.75 Å². The fourth-order valence-corrected chi connectivity index (χ4v) is 2.48. The van der Waals surface area contributed by atoms with Gasteiger partial charge in [-0.25, -0.2) is 0 Å². The minimum Gasteiger partial charge on any atom is -0.426 e. The third kappa shape index (κ3) is 3.60. The van der Waals surface area contributed by atoms with E-state index in [-0.39, 0.29) is 11.3 Å². The molecule has 0 saturated carbocycles. The lowest BCUT2D eigenvalue weighted by molar-refractivity contribution is -0.137. The Morgan fingerprint density at radius 3 is 2.52 bits per heavy atom. The predicted octanol–water partition coefficient (Wildman–Crippen LogP) is 4.55. The Balaban J connectivity index is 2.15. The van der Waals surface area contributed by atoms with Crippen LogP contribution in [0.3, 0.4) is 0 Å². The number of aromatic nitrogens is 2. The van der Waals surface area contributed by atoms with Crippen molar-refractivity contribution in [1.29, 1.82) is 0 Å². The molecule has 0 unspecified atom stereocenters. The second-order valence-corrected chi connectivity index (χ2v) is 5.60. The molecule has 0 bridgehead atoms. The van der Waals surface area contributed by atoms with Crippen molar-refractivity contribution in [1.82, 2.24) is 10.2 Å². The largest absolute Gasteiger partial charge is 0.426 e. The van der Waals surface area contributed by atoms with E-state index in [1.165, 1.54) is 19.1 Å². The van der Waals surface area contributed by atoms with Crippen LogP contribution in [0.25, 0.3) is 22.2 Å². The molecule has 128 valence electrons. The summed E-state index contributed by atoms with van der Waals surface area (Å²) in [5.74, 6) is -0.199. The molecule has 4 nitrogen and oxygen atoms in total. The van der Waals surface area contributed by atoms with E-state index in [1.807, 2.05) is 6.92 Å². The zero-order chi connectivity index (χ0) is 18.2. The number of hydrogen-bond donors (Lipinski definition) is 0. The summed E-state index contributed by atoms with van der Waals surface area (Å²) >= 11 is 0. The first-order valence-electron chi connectivity index (χ1n) is 7.38. The molecule has 0 radical (unpaired) electrons. The van der Waals surface area contributed by atoms with Crippen LogP contribution in [0.15, 0.2) is 42.5 Å². The van der Waals surface area contributed by atoms with Crippen LogP contribution in [0.2, 0.25) is 0 Å². The molecule has 0 aliphatic rings. The molecule has 0 saturated heterocycles. The van der Waals surface area contributed by atoms with Gasteiger partial charge >= 0.3 is 12.1 Å². The average molecular weight is 346 g/mol. The van der Waals surface area contributed by atoms with Crippen LogP contribution in [-0.4, -0.2) is 16.2 Å². The van der Waals surface area contributed by atoms with Crippen LogP contribution < -0.4 is 4.74 Å². The molecular formula is C18H13F3N2O2. The molecule has 3 rings (SSSR count). The Morgan fingerprint density at radius 1 is 1.08 bits per heavy atom. The SMILES string of the molecule is CC(=O)Oc1cc(C)cc2nnc(-c3cccc(C(F)(F)F)c3)cc12. The van der Waals surface area contributed by atoms with Crippen LogP contribution in [-0.2, 0) is 11.0 Å². The quantitative estimate of drug-likeness (QED) is 0.505. The van der Waals surface area contributed by atoms with E-state index in [4.69, 9.17) is 4.74 Å². The predicted molar refractivity (Wildman–Crippen MR) is 86.0 cm³/mol. The van der Waals surface area contributed by atoms with E-state index in [0.717, 1.165) is 17.7 Å². The number of fused-ring (bicyclic) bond motifs is 1. The molecule has 25 heavy (non-hydrogen) atoms. The normalized spacial score (nSPS) is 11.6. The second-order valence-electron chi connectivity index (χ2n) is 5.60. The van der Waals surface area contributed by atoms with Crippen LogP contribution in [0, 0.1) is 6.92 Å². The van der Waals surface area contributed by atoms with E-state index in [2.05, 4.69) is 10.2 Å². The summed E-state index contributed by atoms with van der Waals surface area (Å²) in [5.41, 5.74) is 1.09. The van der Waals surface area contributed by atoms with Crippen molar-refractivity contribution in [2.24, 2.45) is 0 Å². The molecule has 0 fully saturated rings. The Bertz CT molecular complexity index is 968. The number of alkyl halides is 3. The number of hydrogen-bond acceptors (Lipinski definition) is 4. The molecular weight excluding hydrogens is 333 g/mol. The minimum absolute atomic E-state index is 0.260. The smallest absolute Gasteiger partial charge is 0.416 e. The van der Waals surface area contributed by atoms with E-state index in [1.54, 1.807) is 18.2 Å². The minimum atomic E-state index is -4.44. The maximum atomic E-state index is 12.9. The van der Waals surface area contributed by atoms with Crippen LogP contribution >= 0.6 is 0 Å². The second kappa shape index (κ2) is 6.16. The molecule has 0 atom stereocenters. The third-order valence-corrected chi connectivity index (χ3v) is 3.55. The number of benzene rings is 2. The molecule has 0 N–H and O–H groups in total. The molecule has 1 aromatic heterocycles. The van der Waals surface area contributed by atoms with E-state index in [0.29, 0.717) is 16.7 Å². The van der Waals surface area contributed by atoms with Crippen molar-refractivity contribution in [2.75, 3.05) is 0 Å². The highest BCUT2D eigenvalue weighted by atomic mass is 19.4. The van der Waals surface area contributed by atoms with Crippen molar-refractivity contribution in [3.8, 4) is 17.0 Å². The van der Waals surface area contributed by atoms with Crippen molar-refractivity contribution in [3.05, 3.63) is 53.6 Å². The fourth-order valence-electron chi connectivity index (χ4n) is 2.48. The number of halogens is 3. The summed E-state index contributed by atoms with van der Waals surface area (Å²) in [6.45, 7) is 3.09. The van der Waals surface area contributed by atoms with Crippen LogP contribution in [0.1, 0.15) is 18.1 Å². The Morgan fingerprint density at radius 2 is 1.84 bits per heavy atom. The van der Waals surface area contributed by atoms with Gasteiger partial charge in [0.05, 0.1) is 16.8 Å². The number of esters is 1. The number of carbonyl (C=O) groups is 1. The monoisotopic (exact) mass is 346 g/mol. The molecule has 0 aliphatic carbocycles. The standard InChI is InChI=1S/C18H13F3N2O2/c1-10-6-16-14(17(7-10)25-11(2)24)9-15(22-23-16)12-4-3-5-13(8-12)18(19,20)21/h3-9H,1-2H3. The van der Waals surface area contributed by atoms with E-state index >= 15 is 0 Å². The van der Waals surface area contributed by atoms with Gasteiger partial charge in [0, 0.05) is 17.9 Å². The topological polar surface area (TPSA) is 52.1 Å². The first-order chi connectivity index (χ1) is 11.7. The van der Waals surface area contributed by atoms with Crippen molar-refractivity contribution in [2.45, 2.75) is 20.0 Å². The van der Waals surface area contributed by atoms with Gasteiger partial charge in [0.15, 0.2) is 0 Å². The van der Waals surface area contributed by atoms with Gasteiger partial charge in [0.2, 0.25) is 0 Å². The van der Waals surface area contributed by atoms with Gasteiger partial charge in [-0.1, -0.05) is 12.1 Å². The van der Waals surface area contributed by atoms with Gasteiger partial charge in [-0.05, 0) is 42.8 Å². The molecule has 7 heteroatoms. The fraction of sp³-hybridized carbons (Fsp3) is 0.167. The Kier molecular flexibility index (Phi) is 4.16. The van der Waals surface area contributed by atoms with E-state index < -0.39 is 17.7 Å². The maximum Gasteiger partial charge on any atom is 0.416 e. The molecule has 2 aromatic carbocycles. The average Bonchev–Trinajstić information content (AvgIpc) is 2.53. The highest BCUT2D eigenvalue weighted by Crippen LogP contribution is 2.33. The lowest BCUT2D eigenvalue weighted by Crippen LogP contribution is -2.05. The molecule has 3 aromatic rings. The zero-order valence-corrected chi connectivity index (χ0v) is 13.4. The molecule has 0 aliphatic heterocycles. The van der Waals surface area contributed by atoms with Gasteiger partial charge in [-0.3, -0.25) is 4.79 Å². The van der Waals surface area contributed by atoms with Gasteiger partial charge < -0.3 is 4.74 Å². The number of rotatable bonds is 2. The number of carbonyl (C=O) groups excluding carboxylic acids is 1. The van der Waals surface area contributed by atoms with Crippen molar-refractivity contribution in [3.63, 3.8) is 0 Å². The summed E-state index contributed by atoms with van der Waals surface area (Å²) in [6, 6.07) is 9.82. The van der Waals surface area contributed by atoms with Crippen molar-refractivity contribution >= 4 is 16.9 Å². The lowest BCUT2D eigenvalue weighted by Gasteiger charge is -2.10. The molecule has 0 spiro atoms. The van der Waals surface area contributed by atoms with Gasteiger partial charge in [-0.2, -0.15) is 13.2 Å². The first kappa shape index (κ1) is 16.9. The highest BCUT2D eigenvalue weighted by molar-refractivity contribution is 5.90. The zero-order valence-electron chi connectivity index (χ0n) is 13.4. The van der Waals surface area contributed by atoms with Crippen molar-refractivity contribution < 1.29 is 22.7 Å². The molecule has 0 amide bonds. The maximum absolute atomic E-state index is 12.9. The summed E-state index contributed by atoms with van der Waals surface area (Å²) in [5, 5.41) is 8.56. The number of aryl methyl sites for hydroxylation is 1. The summed E-state index contributed by atoms with van der Waals surface area (Å²) in [7, 11) is 0. The van der Waals surface area contributed by atoms with Crippen LogP contribution in [0.4, 0.5) is 13.2 Å². The highest BCUT2D eigenvalue weighted by Gasteiger charge is 2.30. The van der Waals surface area contributed by atoms with Gasteiger partial charge in [0.25, 0.3) is 0 Å². The lowest BCUT2D eigenvalue weighted by atomic mass is 10.1. The summed E-state index contributed by atoms with van der Waals surface area (Å²) in [6.07, 6.45) is -4.44. The van der Waals surface area contributed by atoms with Gasteiger partial charge in [-0.15, -0.1) is 10.2 Å². The summed E-state index contributed by atoms with van der Waals surface area (Å²) in [4.78, 5) is 11.3. The Labute approximate surface area is 141 Å². The number of ether oxygens (including phenoxy) is 1. The Hall–Kier alpha value is -2.96. The summed E-state index contributed by atoms with van der Waals surface area (Å²) < 4.78 is 43.9. The molecule has 1 heterocycles.